The molecule has 1 amide bonds. The molecule has 0 aromatic heterocycles. The first-order chi connectivity index (χ1) is 8.86. The van der Waals surface area contributed by atoms with Gasteiger partial charge in [0.25, 0.3) is 5.91 Å². The molecule has 0 aliphatic carbocycles. The third kappa shape index (κ3) is 4.21. The van der Waals surface area contributed by atoms with Gasteiger partial charge in [0, 0.05) is 30.2 Å². The van der Waals surface area contributed by atoms with Gasteiger partial charge in [-0.1, -0.05) is 15.9 Å². The molecule has 1 rings (SSSR count). The van der Waals surface area contributed by atoms with Crippen LogP contribution in [0.1, 0.15) is 25.5 Å². The summed E-state index contributed by atoms with van der Waals surface area (Å²) in [5.41, 5.74) is 1.02. The molecular weight excluding hydrogens is 308 g/mol. The Kier molecular flexibility index (Phi) is 5.82. The topological polar surface area (TPSA) is 41.6 Å². The van der Waals surface area contributed by atoms with E-state index in [1.54, 1.807) is 21.0 Å². The zero-order chi connectivity index (χ0) is 14.6. The van der Waals surface area contributed by atoms with Crippen LogP contribution in [0.25, 0.3) is 0 Å². The SMILES string of the molecule is CNC(C)c1cc(Br)ccc1OC(C)C(=O)N(C)C. The van der Waals surface area contributed by atoms with E-state index in [2.05, 4.69) is 21.2 Å². The van der Waals surface area contributed by atoms with Crippen molar-refractivity contribution in [1.82, 2.24) is 10.2 Å². The minimum absolute atomic E-state index is 0.0500. The molecule has 19 heavy (non-hydrogen) atoms. The van der Waals surface area contributed by atoms with Crippen LogP contribution in [-0.4, -0.2) is 38.1 Å². The summed E-state index contributed by atoms with van der Waals surface area (Å²) in [5.74, 6) is 0.679. The van der Waals surface area contributed by atoms with Crippen LogP contribution in [-0.2, 0) is 4.79 Å². The molecule has 4 nitrogen and oxygen atoms in total. The van der Waals surface area contributed by atoms with E-state index in [0.717, 1.165) is 15.8 Å². The Morgan fingerprint density at radius 1 is 1.37 bits per heavy atom. The number of halogens is 1. The highest BCUT2D eigenvalue weighted by Crippen LogP contribution is 2.29. The Morgan fingerprint density at radius 2 is 2.00 bits per heavy atom. The van der Waals surface area contributed by atoms with Gasteiger partial charge in [0.15, 0.2) is 6.10 Å². The first-order valence-electron chi connectivity index (χ1n) is 6.21. The predicted octanol–water partition coefficient (Wildman–Crippen LogP) is 2.58. The molecule has 1 aromatic rings. The number of carbonyl (C=O) groups excluding carboxylic acids is 1. The summed E-state index contributed by atoms with van der Waals surface area (Å²) in [7, 11) is 5.34. The highest BCUT2D eigenvalue weighted by Gasteiger charge is 2.19. The number of nitrogens with one attached hydrogen (secondary N) is 1. The molecule has 2 atom stereocenters. The maximum Gasteiger partial charge on any atom is 0.262 e. The number of rotatable bonds is 5. The Morgan fingerprint density at radius 3 is 2.53 bits per heavy atom. The van der Waals surface area contributed by atoms with Crippen LogP contribution in [0, 0.1) is 0 Å². The Bertz CT molecular complexity index is 449. The number of ether oxygens (including phenoxy) is 1. The van der Waals surface area contributed by atoms with Gasteiger partial charge in [0.05, 0.1) is 0 Å². The van der Waals surface area contributed by atoms with Crippen LogP contribution in [0.2, 0.25) is 0 Å². The van der Waals surface area contributed by atoms with Gasteiger partial charge in [-0.15, -0.1) is 0 Å². The summed E-state index contributed by atoms with van der Waals surface area (Å²) in [6.45, 7) is 3.81. The molecule has 1 aromatic carbocycles. The summed E-state index contributed by atoms with van der Waals surface area (Å²) >= 11 is 3.45. The molecule has 1 N–H and O–H groups in total. The van der Waals surface area contributed by atoms with E-state index in [1.165, 1.54) is 4.90 Å². The number of carbonyl (C=O) groups is 1. The van der Waals surface area contributed by atoms with Crippen molar-refractivity contribution in [2.75, 3.05) is 21.1 Å². The van der Waals surface area contributed by atoms with E-state index in [1.807, 2.05) is 32.2 Å². The summed E-state index contributed by atoms with van der Waals surface area (Å²) < 4.78 is 6.78. The molecule has 0 bridgehead atoms. The van der Waals surface area contributed by atoms with Crippen LogP contribution < -0.4 is 10.1 Å². The molecule has 5 heteroatoms. The monoisotopic (exact) mass is 328 g/mol. The summed E-state index contributed by atoms with van der Waals surface area (Å²) in [5, 5.41) is 3.18. The van der Waals surface area contributed by atoms with E-state index >= 15 is 0 Å². The third-order valence-corrected chi connectivity index (χ3v) is 3.46. The van der Waals surface area contributed by atoms with Crippen LogP contribution in [0.4, 0.5) is 0 Å². The van der Waals surface area contributed by atoms with Crippen LogP contribution in [0.3, 0.4) is 0 Å². The highest BCUT2D eigenvalue weighted by molar-refractivity contribution is 9.10. The van der Waals surface area contributed by atoms with Crippen LogP contribution in [0.15, 0.2) is 22.7 Å². The van der Waals surface area contributed by atoms with Crippen molar-refractivity contribution in [2.45, 2.75) is 26.0 Å². The molecule has 0 saturated heterocycles. The van der Waals surface area contributed by atoms with Crippen LogP contribution >= 0.6 is 15.9 Å². The molecule has 0 aliphatic heterocycles. The minimum atomic E-state index is -0.501. The van der Waals surface area contributed by atoms with Gasteiger partial charge < -0.3 is 15.0 Å². The van der Waals surface area contributed by atoms with Gasteiger partial charge in [0.1, 0.15) is 5.75 Å². The second-order valence-corrected chi connectivity index (χ2v) is 5.60. The van der Waals surface area contributed by atoms with E-state index in [9.17, 15) is 4.79 Å². The maximum atomic E-state index is 11.8. The second kappa shape index (κ2) is 6.91. The first-order valence-corrected chi connectivity index (χ1v) is 7.00. The fraction of sp³-hybridized carbons (Fsp3) is 0.500. The van der Waals surface area contributed by atoms with Crippen molar-refractivity contribution in [3.05, 3.63) is 28.2 Å². The highest BCUT2D eigenvalue weighted by atomic mass is 79.9. The molecule has 0 saturated carbocycles. The quantitative estimate of drug-likeness (QED) is 0.903. The van der Waals surface area contributed by atoms with Crippen molar-refractivity contribution in [3.63, 3.8) is 0 Å². The average molecular weight is 329 g/mol. The van der Waals surface area contributed by atoms with Gasteiger partial charge in [0.2, 0.25) is 0 Å². The lowest BCUT2D eigenvalue weighted by molar-refractivity contribution is -0.135. The lowest BCUT2D eigenvalue weighted by Gasteiger charge is -2.22. The molecule has 0 aliphatic rings. The normalized spacial score (nSPS) is 13.8. The van der Waals surface area contributed by atoms with Crippen molar-refractivity contribution in [1.29, 1.82) is 0 Å². The van der Waals surface area contributed by atoms with E-state index in [0.29, 0.717) is 0 Å². The van der Waals surface area contributed by atoms with Gasteiger partial charge in [-0.25, -0.2) is 0 Å². The van der Waals surface area contributed by atoms with Crippen LogP contribution in [0.5, 0.6) is 5.75 Å². The Hall–Kier alpha value is -1.07. The molecule has 0 fully saturated rings. The lowest BCUT2D eigenvalue weighted by Crippen LogP contribution is -2.35. The van der Waals surface area contributed by atoms with Crippen molar-refractivity contribution < 1.29 is 9.53 Å². The lowest BCUT2D eigenvalue weighted by atomic mass is 10.1. The zero-order valence-corrected chi connectivity index (χ0v) is 13.6. The number of benzene rings is 1. The van der Waals surface area contributed by atoms with E-state index in [-0.39, 0.29) is 11.9 Å². The predicted molar refractivity (Wildman–Crippen MR) is 80.4 cm³/mol. The number of hydrogen-bond donors (Lipinski definition) is 1. The van der Waals surface area contributed by atoms with E-state index < -0.39 is 6.10 Å². The van der Waals surface area contributed by atoms with Crippen molar-refractivity contribution in [2.24, 2.45) is 0 Å². The molecular formula is C14H21BrN2O2. The summed E-state index contributed by atoms with van der Waals surface area (Å²) in [4.78, 5) is 13.4. The number of likely N-dealkylation sites (N-methyl/N-ethyl adjacent to an activating group) is 1. The number of hydrogen-bond acceptors (Lipinski definition) is 3. The first kappa shape index (κ1) is 16.0. The largest absolute Gasteiger partial charge is 0.481 e. The molecule has 0 spiro atoms. The second-order valence-electron chi connectivity index (χ2n) is 4.69. The fourth-order valence-corrected chi connectivity index (χ4v) is 2.10. The van der Waals surface area contributed by atoms with Gasteiger partial charge >= 0.3 is 0 Å². The van der Waals surface area contributed by atoms with Gasteiger partial charge in [-0.05, 0) is 39.1 Å². The summed E-state index contributed by atoms with van der Waals surface area (Å²) in [6.07, 6.45) is -0.501. The number of amides is 1. The van der Waals surface area contributed by atoms with E-state index in [4.69, 9.17) is 4.74 Å². The fourth-order valence-electron chi connectivity index (χ4n) is 1.73. The Balaban J connectivity index is 2.97. The standard InChI is InChI=1S/C14H21BrN2O2/c1-9(16-3)12-8-11(15)6-7-13(12)19-10(2)14(18)17(4)5/h6-10,16H,1-5H3. The van der Waals surface area contributed by atoms with Gasteiger partial charge in [-0.3, -0.25) is 4.79 Å². The molecule has 2 unspecified atom stereocenters. The smallest absolute Gasteiger partial charge is 0.262 e. The minimum Gasteiger partial charge on any atom is -0.481 e. The Labute approximate surface area is 123 Å². The molecule has 106 valence electrons. The van der Waals surface area contributed by atoms with Crippen molar-refractivity contribution in [3.8, 4) is 5.75 Å². The number of nitrogens with zero attached hydrogens (tertiary/aromatic N) is 1. The average Bonchev–Trinajstić information content (AvgIpc) is 2.38. The molecule has 0 radical (unpaired) electrons. The maximum absolute atomic E-state index is 11.8. The third-order valence-electron chi connectivity index (χ3n) is 2.96. The van der Waals surface area contributed by atoms with Gasteiger partial charge in [-0.2, -0.15) is 0 Å². The van der Waals surface area contributed by atoms with Crippen molar-refractivity contribution >= 4 is 21.8 Å². The zero-order valence-electron chi connectivity index (χ0n) is 12.0. The summed E-state index contributed by atoms with van der Waals surface area (Å²) in [6, 6.07) is 5.94. The molecule has 0 heterocycles.